The first-order chi connectivity index (χ1) is 6.80. The number of rotatable bonds is 0. The van der Waals surface area contributed by atoms with Gasteiger partial charge in [-0.2, -0.15) is 0 Å². The second kappa shape index (κ2) is 2.80. The third kappa shape index (κ3) is 1.17. The molecule has 0 saturated heterocycles. The Labute approximate surface area is 83.3 Å². The molecule has 1 N–H and O–H groups in total. The van der Waals surface area contributed by atoms with Gasteiger partial charge in [0.15, 0.2) is 0 Å². The average molecular weight is 191 g/mol. The van der Waals surface area contributed by atoms with E-state index in [1.807, 2.05) is 6.07 Å². The Morgan fingerprint density at radius 3 is 2.93 bits per heavy atom. The van der Waals surface area contributed by atoms with Crippen LogP contribution in [-0.2, 0) is 12.0 Å². The second-order valence-electron chi connectivity index (χ2n) is 4.41. The Hall–Kier alpha value is -0.890. The van der Waals surface area contributed by atoms with Gasteiger partial charge in [0.25, 0.3) is 0 Å². The van der Waals surface area contributed by atoms with Gasteiger partial charge in [-0.15, -0.1) is 0 Å². The number of hydrogen-bond donors (Lipinski definition) is 1. The highest BCUT2D eigenvalue weighted by molar-refractivity contribution is 5.39. The molecule has 0 unspecified atom stereocenters. The molecular weight excluding hydrogens is 177 g/mol. The lowest BCUT2D eigenvalue weighted by Gasteiger charge is -2.17. The lowest BCUT2D eigenvalue weighted by Crippen LogP contribution is -2.28. The Morgan fingerprint density at radius 2 is 2.14 bits per heavy atom. The van der Waals surface area contributed by atoms with Crippen molar-refractivity contribution in [1.82, 2.24) is 5.32 Å². The first kappa shape index (κ1) is 8.42. The van der Waals surface area contributed by atoms with Gasteiger partial charge >= 0.3 is 0 Å². The maximum Gasteiger partial charge on any atom is 0.123 e. The molecule has 0 amide bonds. The van der Waals surface area contributed by atoms with Gasteiger partial charge in [-0.3, -0.25) is 0 Å². The van der Waals surface area contributed by atoms with E-state index in [0.717, 1.165) is 13.0 Å². The molecule has 0 radical (unpaired) electrons. The van der Waals surface area contributed by atoms with Crippen molar-refractivity contribution in [3.05, 3.63) is 35.1 Å². The molecule has 74 valence electrons. The SMILES string of the molecule is Fc1ccc2c(c1)C1(CC1)NCCC2. The first-order valence-corrected chi connectivity index (χ1v) is 5.34. The van der Waals surface area contributed by atoms with Gasteiger partial charge in [-0.05, 0) is 55.5 Å². The molecule has 3 rings (SSSR count). The summed E-state index contributed by atoms with van der Waals surface area (Å²) in [5.41, 5.74) is 2.71. The number of benzene rings is 1. The Morgan fingerprint density at radius 1 is 1.29 bits per heavy atom. The zero-order valence-corrected chi connectivity index (χ0v) is 8.15. The molecule has 1 nitrogen and oxygen atoms in total. The van der Waals surface area contributed by atoms with Crippen molar-refractivity contribution in [1.29, 1.82) is 0 Å². The predicted molar refractivity (Wildman–Crippen MR) is 53.6 cm³/mol. The summed E-state index contributed by atoms with van der Waals surface area (Å²) in [6, 6.07) is 5.26. The molecule has 14 heavy (non-hydrogen) atoms. The highest BCUT2D eigenvalue weighted by atomic mass is 19.1. The van der Waals surface area contributed by atoms with E-state index >= 15 is 0 Å². The fourth-order valence-corrected chi connectivity index (χ4v) is 2.49. The van der Waals surface area contributed by atoms with E-state index in [1.54, 1.807) is 12.1 Å². The van der Waals surface area contributed by atoms with Crippen molar-refractivity contribution in [2.45, 2.75) is 31.2 Å². The quantitative estimate of drug-likeness (QED) is 0.663. The Bertz CT molecular complexity index is 369. The van der Waals surface area contributed by atoms with Crippen LogP contribution in [0.2, 0.25) is 0 Å². The summed E-state index contributed by atoms with van der Waals surface area (Å²) in [5, 5.41) is 3.55. The maximum atomic E-state index is 13.2. The molecule has 2 aliphatic rings. The van der Waals surface area contributed by atoms with Crippen LogP contribution in [0.15, 0.2) is 18.2 Å². The molecule has 1 spiro atoms. The van der Waals surface area contributed by atoms with Crippen LogP contribution < -0.4 is 5.32 Å². The summed E-state index contributed by atoms with van der Waals surface area (Å²) >= 11 is 0. The topological polar surface area (TPSA) is 12.0 Å². The lowest BCUT2D eigenvalue weighted by molar-refractivity contribution is 0.525. The largest absolute Gasteiger partial charge is 0.307 e. The van der Waals surface area contributed by atoms with Crippen LogP contribution in [0.25, 0.3) is 0 Å². The summed E-state index contributed by atoms with van der Waals surface area (Å²) in [4.78, 5) is 0. The number of nitrogens with one attached hydrogen (secondary N) is 1. The Kier molecular flexibility index (Phi) is 1.68. The molecule has 2 heteroatoms. The van der Waals surface area contributed by atoms with Crippen molar-refractivity contribution in [2.75, 3.05) is 6.54 Å². The van der Waals surface area contributed by atoms with Gasteiger partial charge in [-0.1, -0.05) is 6.07 Å². The van der Waals surface area contributed by atoms with Gasteiger partial charge in [0, 0.05) is 5.54 Å². The van der Waals surface area contributed by atoms with Gasteiger partial charge < -0.3 is 5.32 Å². The minimum atomic E-state index is -0.0984. The standard InChI is InChI=1S/C12H14FN/c13-10-4-3-9-2-1-7-14-12(5-6-12)11(9)8-10/h3-4,8,14H,1-2,5-7H2. The first-order valence-electron chi connectivity index (χ1n) is 5.34. The Balaban J connectivity index is 2.13. The summed E-state index contributed by atoms with van der Waals surface area (Å²) in [7, 11) is 0. The van der Waals surface area contributed by atoms with Crippen molar-refractivity contribution >= 4 is 0 Å². The molecular formula is C12H14FN. The molecule has 1 aliphatic heterocycles. The molecule has 1 aromatic rings. The average Bonchev–Trinajstić information content (AvgIpc) is 2.97. The molecule has 1 saturated carbocycles. The monoisotopic (exact) mass is 191 g/mol. The molecule has 0 atom stereocenters. The fourth-order valence-electron chi connectivity index (χ4n) is 2.49. The molecule has 1 heterocycles. The smallest absolute Gasteiger partial charge is 0.123 e. The molecule has 0 aromatic heterocycles. The summed E-state index contributed by atoms with van der Waals surface area (Å²) in [5.74, 6) is -0.0984. The normalized spacial score (nSPS) is 22.9. The maximum absolute atomic E-state index is 13.2. The van der Waals surface area contributed by atoms with Crippen LogP contribution in [0.5, 0.6) is 0 Å². The highest BCUT2D eigenvalue weighted by Crippen LogP contribution is 2.48. The van der Waals surface area contributed by atoms with Crippen molar-refractivity contribution in [3.63, 3.8) is 0 Å². The van der Waals surface area contributed by atoms with E-state index in [-0.39, 0.29) is 11.4 Å². The molecule has 1 aliphatic carbocycles. The van der Waals surface area contributed by atoms with E-state index in [0.29, 0.717) is 0 Å². The number of hydrogen-bond acceptors (Lipinski definition) is 1. The van der Waals surface area contributed by atoms with Gasteiger partial charge in [0.05, 0.1) is 0 Å². The molecule has 0 bridgehead atoms. The van der Waals surface area contributed by atoms with E-state index in [4.69, 9.17) is 0 Å². The van der Waals surface area contributed by atoms with Crippen molar-refractivity contribution in [3.8, 4) is 0 Å². The third-order valence-corrected chi connectivity index (χ3v) is 3.42. The molecule has 1 fully saturated rings. The van der Waals surface area contributed by atoms with Crippen molar-refractivity contribution < 1.29 is 4.39 Å². The highest BCUT2D eigenvalue weighted by Gasteiger charge is 2.45. The number of fused-ring (bicyclic) bond motifs is 2. The zero-order chi connectivity index (χ0) is 9.60. The van der Waals surface area contributed by atoms with Crippen LogP contribution in [0.4, 0.5) is 4.39 Å². The van der Waals surface area contributed by atoms with Crippen LogP contribution in [0, 0.1) is 5.82 Å². The number of halogens is 1. The van der Waals surface area contributed by atoms with Gasteiger partial charge in [0.1, 0.15) is 5.82 Å². The van der Waals surface area contributed by atoms with Crippen molar-refractivity contribution in [2.24, 2.45) is 0 Å². The lowest BCUT2D eigenvalue weighted by atomic mass is 9.97. The van der Waals surface area contributed by atoms with Crippen LogP contribution >= 0.6 is 0 Å². The van der Waals surface area contributed by atoms with Gasteiger partial charge in [-0.25, -0.2) is 4.39 Å². The fraction of sp³-hybridized carbons (Fsp3) is 0.500. The van der Waals surface area contributed by atoms with Crippen LogP contribution in [0.3, 0.4) is 0 Å². The minimum absolute atomic E-state index is 0.0984. The van der Waals surface area contributed by atoms with Crippen LogP contribution in [-0.4, -0.2) is 6.54 Å². The van der Waals surface area contributed by atoms with Crippen LogP contribution in [0.1, 0.15) is 30.4 Å². The second-order valence-corrected chi connectivity index (χ2v) is 4.41. The van der Waals surface area contributed by atoms with E-state index in [9.17, 15) is 4.39 Å². The van der Waals surface area contributed by atoms with E-state index in [1.165, 1.54) is 30.4 Å². The summed E-state index contributed by atoms with van der Waals surface area (Å²) < 4.78 is 13.2. The predicted octanol–water partition coefficient (Wildman–Crippen LogP) is 2.35. The van der Waals surface area contributed by atoms with E-state index < -0.39 is 0 Å². The summed E-state index contributed by atoms with van der Waals surface area (Å²) in [6.07, 6.45) is 4.59. The molecule has 1 aromatic carbocycles. The number of aryl methyl sites for hydroxylation is 1. The zero-order valence-electron chi connectivity index (χ0n) is 8.15. The summed E-state index contributed by atoms with van der Waals surface area (Å²) in [6.45, 7) is 1.07. The third-order valence-electron chi connectivity index (χ3n) is 3.42. The van der Waals surface area contributed by atoms with Gasteiger partial charge in [0.2, 0.25) is 0 Å². The minimum Gasteiger partial charge on any atom is -0.307 e. The van der Waals surface area contributed by atoms with E-state index in [2.05, 4.69) is 5.32 Å².